The van der Waals surface area contributed by atoms with Crippen LogP contribution >= 0.6 is 0 Å². The van der Waals surface area contributed by atoms with Crippen molar-refractivity contribution < 1.29 is 0 Å². The fraction of sp³-hybridized carbons (Fsp3) is 0.667. The molecule has 16 heavy (non-hydrogen) atoms. The van der Waals surface area contributed by atoms with E-state index in [2.05, 4.69) is 27.2 Å². The summed E-state index contributed by atoms with van der Waals surface area (Å²) in [7, 11) is 2.19. The molecule has 0 aliphatic carbocycles. The topological polar surface area (TPSA) is 41.1 Å². The molecule has 0 spiro atoms. The highest BCUT2D eigenvalue weighted by atomic mass is 15.1. The Balaban J connectivity index is 1.80. The van der Waals surface area contributed by atoms with Crippen molar-refractivity contribution in [3.63, 3.8) is 0 Å². The molecule has 4 nitrogen and oxygen atoms in total. The Kier molecular flexibility index (Phi) is 3.72. The highest BCUT2D eigenvalue weighted by Gasteiger charge is 2.16. The maximum atomic E-state index is 4.25. The first-order valence-corrected chi connectivity index (χ1v) is 5.95. The summed E-state index contributed by atoms with van der Waals surface area (Å²) in [5.74, 6) is 1.47. The first kappa shape index (κ1) is 11.3. The first-order valence-electron chi connectivity index (χ1n) is 5.95. The molecule has 0 bridgehead atoms. The van der Waals surface area contributed by atoms with E-state index in [0.717, 1.165) is 24.0 Å². The van der Waals surface area contributed by atoms with E-state index in [1.165, 1.54) is 25.9 Å². The van der Waals surface area contributed by atoms with E-state index in [9.17, 15) is 0 Å². The molecule has 0 amide bonds. The van der Waals surface area contributed by atoms with Gasteiger partial charge in [-0.1, -0.05) is 0 Å². The van der Waals surface area contributed by atoms with Crippen molar-refractivity contribution in [1.29, 1.82) is 0 Å². The summed E-state index contributed by atoms with van der Waals surface area (Å²) in [4.78, 5) is 10.9. The van der Waals surface area contributed by atoms with Crippen molar-refractivity contribution in [3.05, 3.63) is 18.0 Å². The number of nitrogens with zero attached hydrogens (tertiary/aromatic N) is 3. The van der Waals surface area contributed by atoms with Gasteiger partial charge in [0.1, 0.15) is 0 Å². The van der Waals surface area contributed by atoms with Gasteiger partial charge in [0.2, 0.25) is 5.95 Å². The second-order valence-corrected chi connectivity index (χ2v) is 4.74. The van der Waals surface area contributed by atoms with Gasteiger partial charge in [0.05, 0.1) is 0 Å². The molecule has 2 heterocycles. The minimum atomic E-state index is 0.726. The smallest absolute Gasteiger partial charge is 0.222 e. The van der Waals surface area contributed by atoms with Crippen molar-refractivity contribution in [2.75, 3.05) is 32.0 Å². The summed E-state index contributed by atoms with van der Waals surface area (Å²) in [6.45, 7) is 5.39. The second kappa shape index (κ2) is 5.25. The standard InChI is InChI=1S/C12H20N4/c1-10-6-13-12(14-7-10)15-8-11-4-3-5-16(2)9-11/h6-7,11H,3-5,8-9H2,1-2H3,(H,13,14,15). The number of rotatable bonds is 3. The van der Waals surface area contributed by atoms with Gasteiger partial charge >= 0.3 is 0 Å². The lowest BCUT2D eigenvalue weighted by atomic mass is 9.99. The molecule has 1 aromatic rings. The second-order valence-electron chi connectivity index (χ2n) is 4.74. The molecular weight excluding hydrogens is 200 g/mol. The van der Waals surface area contributed by atoms with Crippen molar-refractivity contribution in [2.24, 2.45) is 5.92 Å². The number of anilines is 1. The summed E-state index contributed by atoms with van der Waals surface area (Å²) in [6, 6.07) is 0. The number of aromatic nitrogens is 2. The molecule has 4 heteroatoms. The number of likely N-dealkylation sites (tertiary alicyclic amines) is 1. The molecule has 1 N–H and O–H groups in total. The van der Waals surface area contributed by atoms with Crippen LogP contribution in [0.15, 0.2) is 12.4 Å². The summed E-state index contributed by atoms with van der Waals surface area (Å²) < 4.78 is 0. The van der Waals surface area contributed by atoms with E-state index in [1.807, 2.05) is 19.3 Å². The van der Waals surface area contributed by atoms with Crippen molar-refractivity contribution in [2.45, 2.75) is 19.8 Å². The van der Waals surface area contributed by atoms with Crippen molar-refractivity contribution in [3.8, 4) is 0 Å². The first-order chi connectivity index (χ1) is 7.74. The van der Waals surface area contributed by atoms with Gasteiger partial charge < -0.3 is 10.2 Å². The molecule has 88 valence electrons. The Hall–Kier alpha value is -1.16. The lowest BCUT2D eigenvalue weighted by Crippen LogP contribution is -2.35. The van der Waals surface area contributed by atoms with E-state index in [4.69, 9.17) is 0 Å². The van der Waals surface area contributed by atoms with Crippen molar-refractivity contribution >= 4 is 5.95 Å². The van der Waals surface area contributed by atoms with Crippen LogP contribution in [0.1, 0.15) is 18.4 Å². The number of nitrogens with one attached hydrogen (secondary N) is 1. The third kappa shape index (κ3) is 3.17. The van der Waals surface area contributed by atoms with E-state index < -0.39 is 0 Å². The van der Waals surface area contributed by atoms with Gasteiger partial charge in [-0.05, 0) is 44.8 Å². The molecule has 1 aliphatic heterocycles. The molecule has 0 saturated carbocycles. The average molecular weight is 220 g/mol. The van der Waals surface area contributed by atoms with Crippen LogP contribution in [-0.4, -0.2) is 41.5 Å². The van der Waals surface area contributed by atoms with Gasteiger partial charge in [-0.25, -0.2) is 9.97 Å². The Labute approximate surface area is 97.1 Å². The Morgan fingerprint density at radius 2 is 2.19 bits per heavy atom. The summed E-state index contributed by atoms with van der Waals surface area (Å²) in [5, 5.41) is 3.31. The predicted molar refractivity (Wildman–Crippen MR) is 65.5 cm³/mol. The number of hydrogen-bond acceptors (Lipinski definition) is 4. The van der Waals surface area contributed by atoms with Crippen LogP contribution in [0.5, 0.6) is 0 Å². The molecule has 2 rings (SSSR count). The highest BCUT2D eigenvalue weighted by Crippen LogP contribution is 2.15. The molecule has 0 radical (unpaired) electrons. The van der Waals surface area contributed by atoms with Gasteiger partial charge in [-0.2, -0.15) is 0 Å². The van der Waals surface area contributed by atoms with Gasteiger partial charge in [-0.15, -0.1) is 0 Å². The van der Waals surface area contributed by atoms with Gasteiger partial charge in [-0.3, -0.25) is 0 Å². The zero-order valence-electron chi connectivity index (χ0n) is 10.1. The molecular formula is C12H20N4. The van der Waals surface area contributed by atoms with Crippen LogP contribution in [0.4, 0.5) is 5.95 Å². The third-order valence-electron chi connectivity index (χ3n) is 3.05. The van der Waals surface area contributed by atoms with E-state index in [1.54, 1.807) is 0 Å². The Morgan fingerprint density at radius 3 is 2.88 bits per heavy atom. The highest BCUT2D eigenvalue weighted by molar-refractivity contribution is 5.24. The molecule has 1 saturated heterocycles. The summed E-state index contributed by atoms with van der Waals surface area (Å²) >= 11 is 0. The normalized spacial score (nSPS) is 22.0. The van der Waals surface area contributed by atoms with E-state index in [0.29, 0.717) is 0 Å². The van der Waals surface area contributed by atoms with Crippen LogP contribution in [0, 0.1) is 12.8 Å². The molecule has 1 fully saturated rings. The SMILES string of the molecule is Cc1cnc(NCC2CCCN(C)C2)nc1. The molecule has 1 atom stereocenters. The maximum absolute atomic E-state index is 4.25. The lowest BCUT2D eigenvalue weighted by molar-refractivity contribution is 0.217. The van der Waals surface area contributed by atoms with Crippen LogP contribution < -0.4 is 5.32 Å². The molecule has 1 aliphatic rings. The van der Waals surface area contributed by atoms with Crippen LogP contribution in [0.3, 0.4) is 0 Å². The van der Waals surface area contributed by atoms with Crippen molar-refractivity contribution in [1.82, 2.24) is 14.9 Å². The molecule has 1 aromatic heterocycles. The fourth-order valence-electron chi connectivity index (χ4n) is 2.16. The fourth-order valence-corrected chi connectivity index (χ4v) is 2.16. The number of hydrogen-bond donors (Lipinski definition) is 1. The predicted octanol–water partition coefficient (Wildman–Crippen LogP) is 1.54. The summed E-state index contributed by atoms with van der Waals surface area (Å²) in [5.41, 5.74) is 1.10. The van der Waals surface area contributed by atoms with E-state index >= 15 is 0 Å². The maximum Gasteiger partial charge on any atom is 0.222 e. The van der Waals surface area contributed by atoms with Gasteiger partial charge in [0.25, 0.3) is 0 Å². The van der Waals surface area contributed by atoms with Gasteiger partial charge in [0, 0.05) is 25.5 Å². The largest absolute Gasteiger partial charge is 0.354 e. The Morgan fingerprint density at radius 1 is 1.44 bits per heavy atom. The van der Waals surface area contributed by atoms with Crippen LogP contribution in [0.25, 0.3) is 0 Å². The van der Waals surface area contributed by atoms with E-state index in [-0.39, 0.29) is 0 Å². The van der Waals surface area contributed by atoms with Crippen LogP contribution in [0.2, 0.25) is 0 Å². The minimum absolute atomic E-state index is 0.726. The minimum Gasteiger partial charge on any atom is -0.354 e. The lowest BCUT2D eigenvalue weighted by Gasteiger charge is -2.29. The number of piperidine rings is 1. The summed E-state index contributed by atoms with van der Waals surface area (Å²) in [6.07, 6.45) is 6.31. The monoisotopic (exact) mass is 220 g/mol. The number of aryl methyl sites for hydroxylation is 1. The molecule has 0 aromatic carbocycles. The zero-order valence-corrected chi connectivity index (χ0v) is 10.1. The molecule has 1 unspecified atom stereocenters. The Bertz CT molecular complexity index is 322. The van der Waals surface area contributed by atoms with Gasteiger partial charge in [0.15, 0.2) is 0 Å². The van der Waals surface area contributed by atoms with Crippen LogP contribution in [-0.2, 0) is 0 Å². The average Bonchev–Trinajstić information content (AvgIpc) is 2.28. The third-order valence-corrected chi connectivity index (χ3v) is 3.05. The quantitative estimate of drug-likeness (QED) is 0.839. The zero-order chi connectivity index (χ0) is 11.4.